The zero-order valence-corrected chi connectivity index (χ0v) is 12.9. The van der Waals surface area contributed by atoms with E-state index < -0.39 is 0 Å². The number of aromatic nitrogens is 4. The maximum atomic E-state index is 13.0. The van der Waals surface area contributed by atoms with Gasteiger partial charge in [-0.25, -0.2) is 4.57 Å². The smallest absolute Gasteiger partial charge is 0.267 e. The van der Waals surface area contributed by atoms with Crippen molar-refractivity contribution < 1.29 is 4.74 Å². The van der Waals surface area contributed by atoms with Crippen molar-refractivity contribution >= 4 is 28.3 Å². The van der Waals surface area contributed by atoms with Crippen LogP contribution in [0.4, 0.5) is 0 Å². The van der Waals surface area contributed by atoms with Crippen LogP contribution in [0.25, 0.3) is 22.4 Å². The molecule has 0 amide bonds. The van der Waals surface area contributed by atoms with Crippen LogP contribution in [0.15, 0.2) is 53.6 Å². The summed E-state index contributed by atoms with van der Waals surface area (Å²) in [5, 5.41) is 9.08. The van der Waals surface area contributed by atoms with E-state index in [-0.39, 0.29) is 5.56 Å². The molecule has 7 heteroatoms. The molecule has 4 rings (SSSR count). The summed E-state index contributed by atoms with van der Waals surface area (Å²) in [6, 6.07) is 12.4. The van der Waals surface area contributed by atoms with Crippen LogP contribution in [-0.2, 0) is 0 Å². The molecule has 23 heavy (non-hydrogen) atoms. The summed E-state index contributed by atoms with van der Waals surface area (Å²) >= 11 is 6.11. The molecule has 0 fully saturated rings. The number of hydrogen-bond acceptors (Lipinski definition) is 4. The number of benzene rings is 2. The first-order chi connectivity index (χ1) is 11.2. The summed E-state index contributed by atoms with van der Waals surface area (Å²) in [6.45, 7) is 0. The number of ether oxygens (including phenoxy) is 1. The van der Waals surface area contributed by atoms with Gasteiger partial charge in [0, 0.05) is 5.02 Å². The molecule has 2 aromatic heterocycles. The molecular formula is C16H11ClN4O2. The fraction of sp³-hybridized carbons (Fsp3) is 0.0625. The zero-order chi connectivity index (χ0) is 16.0. The van der Waals surface area contributed by atoms with Crippen molar-refractivity contribution in [3.8, 4) is 11.4 Å². The summed E-state index contributed by atoms with van der Waals surface area (Å²) in [4.78, 5) is 13.0. The van der Waals surface area contributed by atoms with E-state index in [4.69, 9.17) is 16.3 Å². The van der Waals surface area contributed by atoms with Crippen molar-refractivity contribution in [1.82, 2.24) is 19.2 Å². The SMILES string of the molecule is COc1ccc(Cl)cc1-n1c(=O)c2ccccc2n2cnnc12. The van der Waals surface area contributed by atoms with Crippen molar-refractivity contribution in [1.29, 1.82) is 0 Å². The van der Waals surface area contributed by atoms with Crippen LogP contribution in [0.2, 0.25) is 5.02 Å². The minimum Gasteiger partial charge on any atom is -0.495 e. The van der Waals surface area contributed by atoms with Gasteiger partial charge in [-0.1, -0.05) is 23.7 Å². The average molecular weight is 327 g/mol. The minimum atomic E-state index is -0.207. The van der Waals surface area contributed by atoms with E-state index >= 15 is 0 Å². The molecule has 0 spiro atoms. The molecule has 6 nitrogen and oxygen atoms in total. The highest BCUT2D eigenvalue weighted by Gasteiger charge is 2.16. The predicted octanol–water partition coefficient (Wildman–Crippen LogP) is 2.70. The first kappa shape index (κ1) is 13.8. The van der Waals surface area contributed by atoms with E-state index in [2.05, 4.69) is 10.2 Å². The number of rotatable bonds is 2. The Labute approximate surface area is 135 Å². The van der Waals surface area contributed by atoms with Gasteiger partial charge < -0.3 is 4.74 Å². The maximum Gasteiger partial charge on any atom is 0.267 e. The lowest BCUT2D eigenvalue weighted by molar-refractivity contribution is 0.413. The van der Waals surface area contributed by atoms with E-state index in [0.29, 0.717) is 27.6 Å². The van der Waals surface area contributed by atoms with Gasteiger partial charge in [-0.3, -0.25) is 9.20 Å². The molecule has 0 saturated carbocycles. The molecule has 0 unspecified atom stereocenters. The van der Waals surface area contributed by atoms with Gasteiger partial charge in [0.05, 0.1) is 23.7 Å². The van der Waals surface area contributed by atoms with Gasteiger partial charge in [0.1, 0.15) is 12.1 Å². The molecule has 0 bridgehead atoms. The third-order valence-electron chi connectivity index (χ3n) is 3.71. The predicted molar refractivity (Wildman–Crippen MR) is 87.7 cm³/mol. The monoisotopic (exact) mass is 326 g/mol. The summed E-state index contributed by atoms with van der Waals surface area (Å²) in [5.74, 6) is 0.922. The number of methoxy groups -OCH3 is 1. The van der Waals surface area contributed by atoms with Crippen LogP contribution in [0, 0.1) is 0 Å². The molecule has 0 aliphatic carbocycles. The van der Waals surface area contributed by atoms with Crippen molar-refractivity contribution in [2.45, 2.75) is 0 Å². The highest BCUT2D eigenvalue weighted by Crippen LogP contribution is 2.27. The van der Waals surface area contributed by atoms with Crippen LogP contribution in [0.1, 0.15) is 0 Å². The molecule has 2 heterocycles. The summed E-state index contributed by atoms with van der Waals surface area (Å²) in [6.07, 6.45) is 1.57. The summed E-state index contributed by atoms with van der Waals surface area (Å²) in [5.41, 5.74) is 1.06. The third-order valence-corrected chi connectivity index (χ3v) is 3.94. The maximum absolute atomic E-state index is 13.0. The molecule has 0 N–H and O–H groups in total. The van der Waals surface area contributed by atoms with E-state index in [1.165, 1.54) is 4.57 Å². The third kappa shape index (κ3) is 1.99. The second-order valence-corrected chi connectivity index (χ2v) is 5.41. The number of nitrogens with zero attached hydrogens (tertiary/aromatic N) is 4. The van der Waals surface area contributed by atoms with E-state index in [0.717, 1.165) is 5.52 Å². The highest BCUT2D eigenvalue weighted by atomic mass is 35.5. The molecule has 4 aromatic rings. The first-order valence-corrected chi connectivity index (χ1v) is 7.26. The second-order valence-electron chi connectivity index (χ2n) is 4.97. The zero-order valence-electron chi connectivity index (χ0n) is 12.1. The molecule has 0 saturated heterocycles. The molecule has 0 aliphatic rings. The van der Waals surface area contributed by atoms with E-state index in [1.807, 2.05) is 18.2 Å². The minimum absolute atomic E-state index is 0.207. The number of hydrogen-bond donors (Lipinski definition) is 0. The second kappa shape index (κ2) is 5.10. The van der Waals surface area contributed by atoms with Gasteiger partial charge in [0.2, 0.25) is 5.78 Å². The van der Waals surface area contributed by atoms with E-state index in [1.54, 1.807) is 42.1 Å². The van der Waals surface area contributed by atoms with Crippen molar-refractivity contribution in [3.05, 3.63) is 64.2 Å². The normalized spacial score (nSPS) is 11.2. The van der Waals surface area contributed by atoms with Gasteiger partial charge in [-0.15, -0.1) is 10.2 Å². The Morgan fingerprint density at radius 3 is 2.83 bits per heavy atom. The van der Waals surface area contributed by atoms with Crippen LogP contribution in [-0.4, -0.2) is 26.3 Å². The Hall–Kier alpha value is -2.86. The number of para-hydroxylation sites is 1. The fourth-order valence-corrected chi connectivity index (χ4v) is 2.85. The number of halogens is 1. The van der Waals surface area contributed by atoms with Gasteiger partial charge in [0.15, 0.2) is 0 Å². The van der Waals surface area contributed by atoms with Crippen molar-refractivity contribution in [3.63, 3.8) is 0 Å². The van der Waals surface area contributed by atoms with Gasteiger partial charge in [-0.05, 0) is 30.3 Å². The highest BCUT2D eigenvalue weighted by molar-refractivity contribution is 6.30. The summed E-state index contributed by atoms with van der Waals surface area (Å²) < 4.78 is 8.59. The van der Waals surface area contributed by atoms with E-state index in [9.17, 15) is 4.79 Å². The molecule has 0 radical (unpaired) electrons. The lowest BCUT2D eigenvalue weighted by atomic mass is 10.2. The summed E-state index contributed by atoms with van der Waals surface area (Å²) in [7, 11) is 1.54. The standard InChI is InChI=1S/C16H11ClN4O2/c1-23-14-7-6-10(17)8-13(14)21-15(22)11-4-2-3-5-12(11)20-9-18-19-16(20)21/h2-9H,1H3. The lowest BCUT2D eigenvalue weighted by Gasteiger charge is -2.13. The molecule has 114 valence electrons. The Balaban J connectivity index is 2.23. The van der Waals surface area contributed by atoms with Gasteiger partial charge in [-0.2, -0.15) is 0 Å². The number of fused-ring (bicyclic) bond motifs is 3. The molecule has 0 aliphatic heterocycles. The van der Waals surface area contributed by atoms with Gasteiger partial charge in [0.25, 0.3) is 5.56 Å². The largest absolute Gasteiger partial charge is 0.495 e. The fourth-order valence-electron chi connectivity index (χ4n) is 2.68. The Bertz CT molecular complexity index is 1100. The van der Waals surface area contributed by atoms with Crippen molar-refractivity contribution in [2.24, 2.45) is 0 Å². The van der Waals surface area contributed by atoms with Crippen LogP contribution < -0.4 is 10.3 Å². The topological polar surface area (TPSA) is 61.4 Å². The average Bonchev–Trinajstić information content (AvgIpc) is 3.05. The first-order valence-electron chi connectivity index (χ1n) is 6.88. The van der Waals surface area contributed by atoms with Crippen LogP contribution >= 0.6 is 11.6 Å². The van der Waals surface area contributed by atoms with Crippen LogP contribution in [0.5, 0.6) is 5.75 Å². The Kier molecular flexibility index (Phi) is 3.06. The Morgan fingerprint density at radius 1 is 1.17 bits per heavy atom. The molecule has 2 aromatic carbocycles. The quantitative estimate of drug-likeness (QED) is 0.568. The van der Waals surface area contributed by atoms with Crippen LogP contribution in [0.3, 0.4) is 0 Å². The molecular weight excluding hydrogens is 316 g/mol. The van der Waals surface area contributed by atoms with Gasteiger partial charge >= 0.3 is 0 Å². The lowest BCUT2D eigenvalue weighted by Crippen LogP contribution is -2.22. The Morgan fingerprint density at radius 2 is 2.00 bits per heavy atom. The van der Waals surface area contributed by atoms with Crippen molar-refractivity contribution in [2.75, 3.05) is 7.11 Å². The molecule has 0 atom stereocenters.